The summed E-state index contributed by atoms with van der Waals surface area (Å²) in [5.41, 5.74) is 3.80. The van der Waals surface area contributed by atoms with Crippen LogP contribution in [0, 0.1) is 12.3 Å². The van der Waals surface area contributed by atoms with Gasteiger partial charge in [0.1, 0.15) is 0 Å². The molecule has 3 aromatic heterocycles. The molecule has 1 N–H and O–H groups in total. The number of carbonyl (C=O) groups is 2. The van der Waals surface area contributed by atoms with Crippen LogP contribution in [0.25, 0.3) is 16.9 Å². The Hall–Kier alpha value is -3.52. The van der Waals surface area contributed by atoms with Crippen LogP contribution in [0.5, 0.6) is 0 Å². The first-order valence-corrected chi connectivity index (χ1v) is 11.1. The van der Waals surface area contributed by atoms with Gasteiger partial charge in [0, 0.05) is 16.9 Å². The largest absolute Gasteiger partial charge is 0.449 e. The van der Waals surface area contributed by atoms with Crippen molar-refractivity contribution in [2.24, 2.45) is 5.41 Å². The van der Waals surface area contributed by atoms with Crippen LogP contribution in [0.1, 0.15) is 41.7 Å². The van der Waals surface area contributed by atoms with E-state index in [2.05, 4.69) is 15.4 Å². The molecule has 0 saturated carbocycles. The normalized spacial score (nSPS) is 11.5. The average molecular weight is 449 g/mol. The predicted molar refractivity (Wildman–Crippen MR) is 125 cm³/mol. The quantitative estimate of drug-likeness (QED) is 0.402. The van der Waals surface area contributed by atoms with Gasteiger partial charge in [0.05, 0.1) is 28.9 Å². The summed E-state index contributed by atoms with van der Waals surface area (Å²) in [6, 6.07) is 12.9. The molecule has 4 aromatic rings. The molecule has 0 fully saturated rings. The molecule has 0 unspecified atom stereocenters. The lowest BCUT2D eigenvalue weighted by atomic mass is 9.99. The van der Waals surface area contributed by atoms with Gasteiger partial charge < -0.3 is 4.74 Å². The molecule has 0 atom stereocenters. The van der Waals surface area contributed by atoms with Crippen LogP contribution in [0.15, 0.2) is 54.0 Å². The van der Waals surface area contributed by atoms with Gasteiger partial charge in [-0.3, -0.25) is 10.1 Å². The van der Waals surface area contributed by atoms with E-state index in [-0.39, 0.29) is 11.2 Å². The number of ether oxygens (including phenoxy) is 1. The summed E-state index contributed by atoms with van der Waals surface area (Å²) in [4.78, 5) is 30.3. The van der Waals surface area contributed by atoms with Gasteiger partial charge in [-0.1, -0.05) is 39.0 Å². The molecule has 3 heterocycles. The van der Waals surface area contributed by atoms with E-state index in [0.29, 0.717) is 28.4 Å². The minimum absolute atomic E-state index is 0.101. The highest BCUT2D eigenvalue weighted by Crippen LogP contribution is 2.26. The lowest BCUT2D eigenvalue weighted by Gasteiger charge is -2.18. The van der Waals surface area contributed by atoms with E-state index in [1.54, 1.807) is 22.8 Å². The van der Waals surface area contributed by atoms with Gasteiger partial charge in [0.15, 0.2) is 5.65 Å². The number of hydrogen-bond donors (Lipinski definition) is 1. The number of nitrogens with zero attached hydrogens (tertiary/aromatic N) is 3. The Bertz CT molecular complexity index is 1290. The van der Waals surface area contributed by atoms with E-state index < -0.39 is 6.09 Å². The van der Waals surface area contributed by atoms with Crippen LogP contribution in [-0.2, 0) is 4.74 Å². The van der Waals surface area contributed by atoms with Crippen LogP contribution in [0.4, 0.5) is 10.5 Å². The third-order valence-electron chi connectivity index (χ3n) is 4.63. The summed E-state index contributed by atoms with van der Waals surface area (Å²) in [5, 5.41) is 9.08. The number of anilines is 1. The second-order valence-electron chi connectivity index (χ2n) is 8.73. The predicted octanol–water partition coefficient (Wildman–Crippen LogP) is 5.59. The zero-order valence-electron chi connectivity index (χ0n) is 18.4. The number of thiophene rings is 1. The Labute approximate surface area is 190 Å². The molecule has 4 rings (SSSR count). The van der Waals surface area contributed by atoms with E-state index in [9.17, 15) is 9.59 Å². The molecule has 0 aliphatic rings. The van der Waals surface area contributed by atoms with Crippen LogP contribution in [0.3, 0.4) is 0 Å². The maximum absolute atomic E-state index is 12.9. The van der Waals surface area contributed by atoms with Crippen molar-refractivity contribution in [1.29, 1.82) is 0 Å². The fraction of sp³-hybridized carbons (Fsp3) is 0.250. The van der Waals surface area contributed by atoms with Crippen LogP contribution in [-0.4, -0.2) is 33.1 Å². The molecular weight excluding hydrogens is 424 g/mol. The summed E-state index contributed by atoms with van der Waals surface area (Å²) in [6.07, 6.45) is 1.05. The van der Waals surface area contributed by atoms with Gasteiger partial charge >= 0.3 is 6.09 Å². The highest BCUT2D eigenvalue weighted by atomic mass is 32.1. The highest BCUT2D eigenvalue weighted by Gasteiger charge is 2.19. The number of fused-ring (bicyclic) bond motifs is 1. The Balaban J connectivity index is 1.66. The highest BCUT2D eigenvalue weighted by molar-refractivity contribution is 7.12. The minimum atomic E-state index is -0.504. The molecule has 0 aliphatic carbocycles. The van der Waals surface area contributed by atoms with E-state index in [0.717, 1.165) is 17.0 Å². The lowest BCUT2D eigenvalue weighted by molar-refractivity contribution is 0.104. The monoisotopic (exact) mass is 448 g/mol. The van der Waals surface area contributed by atoms with Crippen molar-refractivity contribution >= 4 is 34.5 Å². The first-order chi connectivity index (χ1) is 15.2. The van der Waals surface area contributed by atoms with Gasteiger partial charge in [0.2, 0.25) is 5.78 Å². The number of amides is 1. The molecular formula is C24H24N4O3S. The number of carbonyl (C=O) groups excluding carboxylic acids is 2. The molecule has 1 amide bonds. The smallest absolute Gasteiger partial charge is 0.411 e. The number of benzene rings is 1. The number of aromatic nitrogens is 3. The molecule has 1 aromatic carbocycles. The van der Waals surface area contributed by atoms with Gasteiger partial charge in [-0.05, 0) is 42.0 Å². The van der Waals surface area contributed by atoms with Crippen LogP contribution < -0.4 is 5.32 Å². The van der Waals surface area contributed by atoms with Crippen molar-refractivity contribution in [3.8, 4) is 11.3 Å². The minimum Gasteiger partial charge on any atom is -0.449 e. The van der Waals surface area contributed by atoms with Crippen molar-refractivity contribution in [3.05, 3.63) is 70.2 Å². The van der Waals surface area contributed by atoms with Gasteiger partial charge in [-0.2, -0.15) is 5.10 Å². The molecule has 0 saturated heterocycles. The van der Waals surface area contributed by atoms with Crippen LogP contribution in [0.2, 0.25) is 0 Å². The van der Waals surface area contributed by atoms with Crippen molar-refractivity contribution in [2.45, 2.75) is 27.7 Å². The first-order valence-electron chi connectivity index (χ1n) is 10.2. The number of ketones is 1. The van der Waals surface area contributed by atoms with Crippen molar-refractivity contribution in [1.82, 2.24) is 14.6 Å². The molecule has 0 bridgehead atoms. The van der Waals surface area contributed by atoms with E-state index in [1.807, 2.05) is 63.4 Å². The Kier molecular flexibility index (Phi) is 5.80. The van der Waals surface area contributed by atoms with E-state index in [1.165, 1.54) is 11.3 Å². The molecule has 8 heteroatoms. The Morgan fingerprint density at radius 1 is 1.16 bits per heavy atom. The molecule has 0 radical (unpaired) electrons. The molecule has 32 heavy (non-hydrogen) atoms. The number of aryl methyl sites for hydroxylation is 1. The summed E-state index contributed by atoms with van der Waals surface area (Å²) < 4.78 is 6.95. The number of rotatable bonds is 5. The molecule has 164 valence electrons. The van der Waals surface area contributed by atoms with Gasteiger partial charge in [-0.15, -0.1) is 11.3 Å². The molecule has 0 spiro atoms. The first kappa shape index (κ1) is 21.7. The summed E-state index contributed by atoms with van der Waals surface area (Å²) in [5.74, 6) is -0.101. The Morgan fingerprint density at radius 2 is 1.97 bits per heavy atom. The summed E-state index contributed by atoms with van der Waals surface area (Å²) in [6.45, 7) is 8.19. The van der Waals surface area contributed by atoms with Crippen LogP contribution >= 0.6 is 11.3 Å². The van der Waals surface area contributed by atoms with E-state index in [4.69, 9.17) is 4.74 Å². The molecule has 7 nitrogen and oxygen atoms in total. The maximum Gasteiger partial charge on any atom is 0.411 e. The third kappa shape index (κ3) is 4.70. The number of nitrogens with one attached hydrogen (secondary N) is 1. The topological polar surface area (TPSA) is 85.6 Å². The fourth-order valence-electron chi connectivity index (χ4n) is 3.18. The van der Waals surface area contributed by atoms with E-state index >= 15 is 0 Å². The summed E-state index contributed by atoms with van der Waals surface area (Å²) >= 11 is 1.39. The van der Waals surface area contributed by atoms with Gasteiger partial charge in [-0.25, -0.2) is 14.3 Å². The van der Waals surface area contributed by atoms with Crippen molar-refractivity contribution in [3.63, 3.8) is 0 Å². The molecule has 0 aliphatic heterocycles. The van der Waals surface area contributed by atoms with Gasteiger partial charge in [0.25, 0.3) is 0 Å². The Morgan fingerprint density at radius 3 is 2.69 bits per heavy atom. The SMILES string of the molecule is Cc1cc(-c2cccc(NC(=O)OCC(C)(C)C)c2)n2ncc(C(=O)c3cccs3)c2n1. The fourth-order valence-corrected chi connectivity index (χ4v) is 3.86. The second-order valence-corrected chi connectivity index (χ2v) is 9.67. The van der Waals surface area contributed by atoms with Crippen molar-refractivity contribution in [2.75, 3.05) is 11.9 Å². The standard InChI is InChI=1S/C24H24N4O3S/c1-15-11-19(16-7-5-8-17(12-16)27-23(30)31-14-24(2,3)4)28-22(26-15)18(13-25-28)21(29)20-9-6-10-32-20/h5-13H,14H2,1-4H3,(H,27,30). The lowest BCUT2D eigenvalue weighted by Crippen LogP contribution is -2.21. The third-order valence-corrected chi connectivity index (χ3v) is 5.50. The van der Waals surface area contributed by atoms with Crippen molar-refractivity contribution < 1.29 is 14.3 Å². The maximum atomic E-state index is 12.9. The zero-order valence-corrected chi connectivity index (χ0v) is 19.2. The average Bonchev–Trinajstić information content (AvgIpc) is 3.41. The summed E-state index contributed by atoms with van der Waals surface area (Å²) in [7, 11) is 0. The number of hydrogen-bond acceptors (Lipinski definition) is 6. The zero-order chi connectivity index (χ0) is 22.9. The second kappa shape index (κ2) is 8.55.